The first-order valence-electron chi connectivity index (χ1n) is 6.71. The predicted molar refractivity (Wildman–Crippen MR) is 71.1 cm³/mol. The van der Waals surface area contributed by atoms with E-state index in [0.717, 1.165) is 25.2 Å². The van der Waals surface area contributed by atoms with Crippen LogP contribution in [0.5, 0.6) is 0 Å². The minimum Gasteiger partial charge on any atom is -0.348 e. The first kappa shape index (κ1) is 11.9. The minimum absolute atomic E-state index is 0.177. The van der Waals surface area contributed by atoms with Gasteiger partial charge in [-0.15, -0.1) is 0 Å². The summed E-state index contributed by atoms with van der Waals surface area (Å²) in [6.45, 7) is 3.84. The number of allylic oxidation sites excluding steroid dienone is 2. The van der Waals surface area contributed by atoms with E-state index in [0.29, 0.717) is 0 Å². The van der Waals surface area contributed by atoms with E-state index >= 15 is 0 Å². The van der Waals surface area contributed by atoms with Crippen LogP contribution in [0, 0.1) is 5.41 Å². The average Bonchev–Trinajstić information content (AvgIpc) is 2.44. The highest BCUT2D eigenvalue weighted by Crippen LogP contribution is 2.41. The summed E-state index contributed by atoms with van der Waals surface area (Å²) in [4.78, 5) is 0. The summed E-state index contributed by atoms with van der Waals surface area (Å²) in [6, 6.07) is 10.2. The molecule has 0 aromatic heterocycles. The fourth-order valence-corrected chi connectivity index (χ4v) is 2.72. The summed E-state index contributed by atoms with van der Waals surface area (Å²) in [6.07, 6.45) is 5.64. The first-order chi connectivity index (χ1) is 8.77. The monoisotopic (exact) mass is 244 g/mol. The van der Waals surface area contributed by atoms with Crippen LogP contribution >= 0.6 is 0 Å². The van der Waals surface area contributed by atoms with Gasteiger partial charge in [-0.25, -0.2) is 0 Å². The normalized spacial score (nSPS) is 32.3. The van der Waals surface area contributed by atoms with Crippen molar-refractivity contribution in [2.45, 2.75) is 32.5 Å². The van der Waals surface area contributed by atoms with E-state index in [1.165, 1.54) is 18.4 Å². The van der Waals surface area contributed by atoms with E-state index in [1.54, 1.807) is 0 Å². The van der Waals surface area contributed by atoms with Gasteiger partial charge in [0.2, 0.25) is 0 Å². The molecule has 0 bridgehead atoms. The molecule has 2 nitrogen and oxygen atoms in total. The molecule has 1 aliphatic carbocycles. The molecule has 0 amide bonds. The van der Waals surface area contributed by atoms with Gasteiger partial charge in [0, 0.05) is 11.0 Å². The smallest absolute Gasteiger partial charge is 0.183 e. The van der Waals surface area contributed by atoms with Gasteiger partial charge in [0.05, 0.1) is 13.2 Å². The van der Waals surface area contributed by atoms with Gasteiger partial charge in [-0.2, -0.15) is 0 Å². The Labute approximate surface area is 109 Å². The summed E-state index contributed by atoms with van der Waals surface area (Å²) in [5, 5.41) is 0. The van der Waals surface area contributed by atoms with E-state index in [2.05, 4.69) is 25.1 Å². The molecule has 96 valence electrons. The highest BCUT2D eigenvalue weighted by Gasteiger charge is 2.37. The van der Waals surface area contributed by atoms with Gasteiger partial charge < -0.3 is 9.47 Å². The Morgan fingerprint density at radius 2 is 1.83 bits per heavy atom. The maximum absolute atomic E-state index is 5.94. The van der Waals surface area contributed by atoms with Gasteiger partial charge in [0.1, 0.15) is 0 Å². The molecule has 1 heterocycles. The Morgan fingerprint density at radius 3 is 2.44 bits per heavy atom. The lowest BCUT2D eigenvalue weighted by Crippen LogP contribution is -2.39. The molecule has 0 unspecified atom stereocenters. The van der Waals surface area contributed by atoms with Gasteiger partial charge in [0.25, 0.3) is 0 Å². The Balaban J connectivity index is 1.65. The van der Waals surface area contributed by atoms with Crippen LogP contribution in [-0.2, 0) is 9.47 Å². The third kappa shape index (κ3) is 2.36. The van der Waals surface area contributed by atoms with Crippen LogP contribution in [0.3, 0.4) is 0 Å². The van der Waals surface area contributed by atoms with Gasteiger partial charge in [-0.05, 0) is 26.2 Å². The van der Waals surface area contributed by atoms with E-state index in [9.17, 15) is 0 Å². The quantitative estimate of drug-likeness (QED) is 0.699. The molecule has 1 aromatic rings. The molecule has 1 aliphatic heterocycles. The minimum atomic E-state index is -0.177. The largest absolute Gasteiger partial charge is 0.348 e. The zero-order valence-corrected chi connectivity index (χ0v) is 10.9. The molecule has 2 heteroatoms. The molecule has 1 aromatic carbocycles. The van der Waals surface area contributed by atoms with E-state index < -0.39 is 0 Å². The molecular weight excluding hydrogens is 224 g/mol. The predicted octanol–water partition coefficient (Wildman–Crippen LogP) is 3.85. The fourth-order valence-electron chi connectivity index (χ4n) is 2.72. The summed E-state index contributed by atoms with van der Waals surface area (Å²) < 4.78 is 11.9. The fraction of sp³-hybridized carbons (Fsp3) is 0.500. The summed E-state index contributed by atoms with van der Waals surface area (Å²) in [7, 11) is 0. The number of ether oxygens (including phenoxy) is 2. The van der Waals surface area contributed by atoms with Crippen molar-refractivity contribution < 1.29 is 9.47 Å². The maximum Gasteiger partial charge on any atom is 0.183 e. The standard InChI is InChI=1S/C16H20O2/c1-13-7-9-16(10-8-13)11-17-15(18-12-16)14-5-3-2-4-6-14/h2-7,15H,8-12H2,1H3. The Hall–Kier alpha value is -1.12. The van der Waals surface area contributed by atoms with Crippen molar-refractivity contribution in [1.29, 1.82) is 0 Å². The molecule has 18 heavy (non-hydrogen) atoms. The summed E-state index contributed by atoms with van der Waals surface area (Å²) >= 11 is 0. The van der Waals surface area contributed by atoms with Crippen molar-refractivity contribution in [2.75, 3.05) is 13.2 Å². The zero-order valence-electron chi connectivity index (χ0n) is 10.9. The van der Waals surface area contributed by atoms with Crippen molar-refractivity contribution in [3.05, 3.63) is 47.5 Å². The SMILES string of the molecule is CC1=CCC2(CC1)COC(c1ccccc1)OC2. The second-order valence-electron chi connectivity index (χ2n) is 5.62. The van der Waals surface area contributed by atoms with Crippen LogP contribution < -0.4 is 0 Å². The summed E-state index contributed by atoms with van der Waals surface area (Å²) in [5.41, 5.74) is 2.85. The number of rotatable bonds is 1. The van der Waals surface area contributed by atoms with Gasteiger partial charge in [-0.1, -0.05) is 42.0 Å². The lowest BCUT2D eigenvalue weighted by molar-refractivity contribution is -0.235. The van der Waals surface area contributed by atoms with E-state index in [4.69, 9.17) is 9.47 Å². The van der Waals surface area contributed by atoms with E-state index in [-0.39, 0.29) is 11.7 Å². The van der Waals surface area contributed by atoms with Crippen LogP contribution in [0.25, 0.3) is 0 Å². The van der Waals surface area contributed by atoms with Gasteiger partial charge >= 0.3 is 0 Å². The lowest BCUT2D eigenvalue weighted by Gasteiger charge is -2.41. The number of hydrogen-bond donors (Lipinski definition) is 0. The number of hydrogen-bond acceptors (Lipinski definition) is 2. The topological polar surface area (TPSA) is 18.5 Å². The zero-order chi connectivity index (χ0) is 12.4. The lowest BCUT2D eigenvalue weighted by atomic mass is 9.76. The molecule has 0 saturated carbocycles. The van der Waals surface area contributed by atoms with Crippen molar-refractivity contribution in [3.8, 4) is 0 Å². The average molecular weight is 244 g/mol. The van der Waals surface area contributed by atoms with Crippen molar-refractivity contribution >= 4 is 0 Å². The van der Waals surface area contributed by atoms with Crippen LogP contribution in [-0.4, -0.2) is 13.2 Å². The van der Waals surface area contributed by atoms with Crippen molar-refractivity contribution in [2.24, 2.45) is 5.41 Å². The number of benzene rings is 1. The third-order valence-electron chi connectivity index (χ3n) is 4.09. The molecule has 1 saturated heterocycles. The highest BCUT2D eigenvalue weighted by atomic mass is 16.7. The van der Waals surface area contributed by atoms with Crippen molar-refractivity contribution in [1.82, 2.24) is 0 Å². The van der Waals surface area contributed by atoms with Crippen LogP contribution in [0.2, 0.25) is 0 Å². The second kappa shape index (κ2) is 4.87. The highest BCUT2D eigenvalue weighted by molar-refractivity contribution is 5.16. The molecule has 0 atom stereocenters. The van der Waals surface area contributed by atoms with Gasteiger partial charge in [-0.3, -0.25) is 0 Å². The van der Waals surface area contributed by atoms with E-state index in [1.807, 2.05) is 18.2 Å². The summed E-state index contributed by atoms with van der Waals surface area (Å²) in [5.74, 6) is 0. The maximum atomic E-state index is 5.94. The molecule has 3 rings (SSSR count). The van der Waals surface area contributed by atoms with Crippen LogP contribution in [0.15, 0.2) is 42.0 Å². The van der Waals surface area contributed by atoms with Crippen LogP contribution in [0.1, 0.15) is 38.0 Å². The molecule has 0 radical (unpaired) electrons. The Bertz CT molecular complexity index is 428. The molecule has 2 aliphatic rings. The Kier molecular flexibility index (Phi) is 3.23. The van der Waals surface area contributed by atoms with Gasteiger partial charge in [0.15, 0.2) is 6.29 Å². The molecular formula is C16H20O2. The molecule has 1 spiro atoms. The Morgan fingerprint density at radius 1 is 1.11 bits per heavy atom. The molecule has 1 fully saturated rings. The van der Waals surface area contributed by atoms with Crippen molar-refractivity contribution in [3.63, 3.8) is 0 Å². The second-order valence-corrected chi connectivity index (χ2v) is 5.62. The third-order valence-corrected chi connectivity index (χ3v) is 4.09. The molecule has 0 N–H and O–H groups in total. The van der Waals surface area contributed by atoms with Crippen LogP contribution in [0.4, 0.5) is 0 Å². The first-order valence-corrected chi connectivity index (χ1v) is 6.71.